The molecule has 0 saturated heterocycles. The Hall–Kier alpha value is -2.20. The average molecular weight is 391 g/mol. The molecule has 4 aliphatic rings. The van der Waals surface area contributed by atoms with Gasteiger partial charge in [0, 0.05) is 12.5 Å². The molecule has 0 aromatic heterocycles. The van der Waals surface area contributed by atoms with Crippen molar-refractivity contribution in [2.24, 2.45) is 16.1 Å². The van der Waals surface area contributed by atoms with Gasteiger partial charge >= 0.3 is 0 Å². The van der Waals surface area contributed by atoms with E-state index >= 15 is 0 Å². The molecule has 1 aliphatic heterocycles. The maximum atomic E-state index is 14.9. The Morgan fingerprint density at radius 1 is 1.07 bits per heavy atom. The van der Waals surface area contributed by atoms with E-state index in [9.17, 15) is 4.39 Å². The third-order valence-electron chi connectivity index (χ3n) is 8.04. The van der Waals surface area contributed by atoms with Gasteiger partial charge in [-0.15, -0.1) is 0 Å². The maximum Gasteiger partial charge on any atom is 0.134 e. The zero-order valence-electron chi connectivity index (χ0n) is 16.9. The quantitative estimate of drug-likeness (QED) is 0.801. The lowest BCUT2D eigenvalue weighted by atomic mass is 9.59. The first-order valence-corrected chi connectivity index (χ1v) is 10.9. The van der Waals surface area contributed by atoms with Gasteiger partial charge in [0.2, 0.25) is 0 Å². The van der Waals surface area contributed by atoms with E-state index in [1.165, 1.54) is 35.6 Å². The van der Waals surface area contributed by atoms with Crippen LogP contribution in [-0.4, -0.2) is 19.0 Å². The summed E-state index contributed by atoms with van der Waals surface area (Å²) in [5.41, 5.74) is 11.3. The zero-order chi connectivity index (χ0) is 19.8. The molecule has 2 saturated carbocycles. The molecule has 2 fully saturated rings. The Balaban J connectivity index is 1.60. The summed E-state index contributed by atoms with van der Waals surface area (Å²) in [6.07, 6.45) is 7.89. The second-order valence-electron chi connectivity index (χ2n) is 9.45. The number of hydrogen-bond acceptors (Lipinski definition) is 3. The van der Waals surface area contributed by atoms with Gasteiger partial charge in [-0.05, 0) is 79.2 Å². The minimum absolute atomic E-state index is 0.0593. The summed E-state index contributed by atoms with van der Waals surface area (Å²) in [5.74, 6) is 0.775. The number of nitrogens with zero attached hydrogens (tertiary/aromatic N) is 1. The maximum absolute atomic E-state index is 14.9. The van der Waals surface area contributed by atoms with Crippen molar-refractivity contribution in [3.05, 3.63) is 70.0 Å². The van der Waals surface area contributed by atoms with Crippen LogP contribution in [0.5, 0.6) is 0 Å². The van der Waals surface area contributed by atoms with Crippen LogP contribution in [0.4, 0.5) is 4.39 Å². The van der Waals surface area contributed by atoms with Gasteiger partial charge in [-0.2, -0.15) is 0 Å². The van der Waals surface area contributed by atoms with Gasteiger partial charge in [0.05, 0.1) is 11.7 Å². The average Bonchev–Trinajstić information content (AvgIpc) is 3.49. The number of rotatable bonds is 2. The van der Waals surface area contributed by atoms with Crippen LogP contribution in [0.3, 0.4) is 0 Å². The highest BCUT2D eigenvalue weighted by Crippen LogP contribution is 2.65. The van der Waals surface area contributed by atoms with Gasteiger partial charge < -0.3 is 10.5 Å². The van der Waals surface area contributed by atoms with E-state index in [-0.39, 0.29) is 11.2 Å². The Morgan fingerprint density at radius 2 is 1.86 bits per heavy atom. The summed E-state index contributed by atoms with van der Waals surface area (Å²) < 4.78 is 20.5. The summed E-state index contributed by atoms with van der Waals surface area (Å²) in [6, 6.07) is 12.4. The molecule has 1 heterocycles. The predicted molar refractivity (Wildman–Crippen MR) is 112 cm³/mol. The number of halogens is 1. The number of hydrogen-bond donors (Lipinski definition) is 1. The number of amidine groups is 1. The van der Waals surface area contributed by atoms with E-state index in [2.05, 4.69) is 24.3 Å². The highest BCUT2D eigenvalue weighted by molar-refractivity contribution is 6.03. The Kier molecular flexibility index (Phi) is 3.60. The third-order valence-corrected chi connectivity index (χ3v) is 8.04. The number of ether oxygens (including phenoxy) is 1. The second kappa shape index (κ2) is 5.91. The molecule has 2 aromatic carbocycles. The van der Waals surface area contributed by atoms with Crippen LogP contribution in [0.2, 0.25) is 0 Å². The zero-order valence-corrected chi connectivity index (χ0v) is 16.9. The standard InChI is InChI=1S/C25H27FN2O/c1-29-18-9-11-24(12-10-18)14-17-8-7-16(15-5-6-15)13-20(17)25(24)19-3-2-4-21(26)22(19)23(27)28-25/h2-4,7-8,13,15,18H,5-6,9-12,14H2,1H3,(H2,27,28). The summed E-state index contributed by atoms with van der Waals surface area (Å²) in [5, 5.41) is 0. The van der Waals surface area contributed by atoms with Gasteiger partial charge in [-0.1, -0.05) is 30.3 Å². The van der Waals surface area contributed by atoms with Gasteiger partial charge in [0.25, 0.3) is 0 Å². The largest absolute Gasteiger partial charge is 0.383 e. The lowest BCUT2D eigenvalue weighted by Gasteiger charge is -2.47. The molecule has 2 aromatic rings. The minimum atomic E-state index is -0.562. The lowest BCUT2D eigenvalue weighted by Crippen LogP contribution is -2.45. The second-order valence-corrected chi connectivity index (χ2v) is 9.45. The molecule has 4 heteroatoms. The van der Waals surface area contributed by atoms with Gasteiger partial charge in [0.1, 0.15) is 17.2 Å². The van der Waals surface area contributed by atoms with E-state index < -0.39 is 5.54 Å². The molecule has 150 valence electrons. The van der Waals surface area contributed by atoms with Crippen molar-refractivity contribution in [2.75, 3.05) is 7.11 Å². The molecule has 29 heavy (non-hydrogen) atoms. The molecule has 6 rings (SSSR count). The summed E-state index contributed by atoms with van der Waals surface area (Å²) in [6.45, 7) is 0. The normalized spacial score (nSPS) is 32.5. The van der Waals surface area contributed by atoms with E-state index in [1.54, 1.807) is 7.11 Å². The molecule has 3 aliphatic carbocycles. The molecule has 0 radical (unpaired) electrons. The van der Waals surface area contributed by atoms with Crippen molar-refractivity contribution >= 4 is 5.84 Å². The minimum Gasteiger partial charge on any atom is -0.383 e. The van der Waals surface area contributed by atoms with Crippen molar-refractivity contribution in [1.82, 2.24) is 0 Å². The van der Waals surface area contributed by atoms with Gasteiger partial charge in [0.15, 0.2) is 0 Å². The third kappa shape index (κ3) is 2.24. The predicted octanol–water partition coefficient (Wildman–Crippen LogP) is 4.80. The van der Waals surface area contributed by atoms with Crippen LogP contribution in [-0.2, 0) is 16.7 Å². The topological polar surface area (TPSA) is 47.6 Å². The summed E-state index contributed by atoms with van der Waals surface area (Å²) >= 11 is 0. The van der Waals surface area contributed by atoms with Crippen molar-refractivity contribution in [3.8, 4) is 0 Å². The van der Waals surface area contributed by atoms with Crippen molar-refractivity contribution in [1.29, 1.82) is 0 Å². The van der Waals surface area contributed by atoms with Gasteiger partial charge in [-0.3, -0.25) is 4.99 Å². The van der Waals surface area contributed by atoms with Crippen LogP contribution in [0.15, 0.2) is 41.4 Å². The summed E-state index contributed by atoms with van der Waals surface area (Å²) in [7, 11) is 1.81. The highest BCUT2D eigenvalue weighted by atomic mass is 19.1. The van der Waals surface area contributed by atoms with E-state index in [0.29, 0.717) is 23.4 Å². The molecule has 2 N–H and O–H groups in total. The fourth-order valence-electron chi connectivity index (χ4n) is 6.44. The van der Waals surface area contributed by atoms with Crippen LogP contribution in [0, 0.1) is 11.2 Å². The SMILES string of the molecule is COC1CCC2(CC1)Cc1ccc(C3CC3)cc1C21N=C(N)c2c(F)cccc21. The molecule has 3 nitrogen and oxygen atoms in total. The number of fused-ring (bicyclic) bond motifs is 5. The van der Waals surface area contributed by atoms with Crippen LogP contribution >= 0.6 is 0 Å². The number of nitrogens with two attached hydrogens (primary N) is 1. The fourth-order valence-corrected chi connectivity index (χ4v) is 6.44. The van der Waals surface area contributed by atoms with E-state index in [1.807, 2.05) is 6.07 Å². The molecule has 1 unspecified atom stereocenters. The van der Waals surface area contributed by atoms with Crippen LogP contribution in [0.1, 0.15) is 72.3 Å². The van der Waals surface area contributed by atoms with E-state index in [4.69, 9.17) is 15.5 Å². The van der Waals surface area contributed by atoms with Crippen molar-refractivity contribution in [2.45, 2.75) is 62.5 Å². The highest BCUT2D eigenvalue weighted by Gasteiger charge is 2.62. The molecule has 1 atom stereocenters. The number of benzene rings is 2. The monoisotopic (exact) mass is 390 g/mol. The number of methoxy groups -OCH3 is 1. The molecule has 0 amide bonds. The molecule has 0 bridgehead atoms. The fraction of sp³-hybridized carbons (Fsp3) is 0.480. The lowest BCUT2D eigenvalue weighted by molar-refractivity contribution is 0.00681. The molecular formula is C25H27FN2O. The van der Waals surface area contributed by atoms with Gasteiger partial charge in [-0.25, -0.2) is 4.39 Å². The smallest absolute Gasteiger partial charge is 0.134 e. The Bertz CT molecular complexity index is 1030. The van der Waals surface area contributed by atoms with Crippen LogP contribution in [0.25, 0.3) is 0 Å². The van der Waals surface area contributed by atoms with E-state index in [0.717, 1.165) is 37.7 Å². The number of aliphatic imine (C=N–C) groups is 1. The van der Waals surface area contributed by atoms with Crippen LogP contribution < -0.4 is 5.73 Å². The Labute approximate surface area is 171 Å². The van der Waals surface area contributed by atoms with Crippen molar-refractivity contribution in [3.63, 3.8) is 0 Å². The first-order valence-electron chi connectivity index (χ1n) is 10.9. The molecule has 2 spiro atoms. The first-order chi connectivity index (χ1) is 14.1. The first kappa shape index (κ1) is 17.6. The molecular weight excluding hydrogens is 363 g/mol. The summed E-state index contributed by atoms with van der Waals surface area (Å²) in [4.78, 5) is 5.15. The Morgan fingerprint density at radius 3 is 2.59 bits per heavy atom. The van der Waals surface area contributed by atoms with Crippen molar-refractivity contribution < 1.29 is 9.13 Å².